The van der Waals surface area contributed by atoms with E-state index >= 15 is 0 Å². The lowest BCUT2D eigenvalue weighted by molar-refractivity contribution is 0.288. The van der Waals surface area contributed by atoms with Gasteiger partial charge in [-0.15, -0.1) is 0 Å². The van der Waals surface area contributed by atoms with Crippen molar-refractivity contribution in [1.82, 2.24) is 14.9 Å². The minimum atomic E-state index is -3.14. The zero-order chi connectivity index (χ0) is 14.4. The van der Waals surface area contributed by atoms with Crippen LogP contribution in [0.25, 0.3) is 0 Å². The second kappa shape index (κ2) is 7.73. The highest BCUT2D eigenvalue weighted by molar-refractivity contribution is 7.89. The van der Waals surface area contributed by atoms with Gasteiger partial charge in [0.1, 0.15) is 0 Å². The van der Waals surface area contributed by atoms with Gasteiger partial charge in [-0.2, -0.15) is 0 Å². The maximum Gasteiger partial charge on any atom is 0.213 e. The third-order valence-corrected chi connectivity index (χ3v) is 5.70. The first kappa shape index (κ1) is 16.2. The van der Waals surface area contributed by atoms with Crippen LogP contribution in [-0.2, 0) is 10.0 Å². The van der Waals surface area contributed by atoms with Crippen molar-refractivity contribution in [3.05, 3.63) is 0 Å². The van der Waals surface area contributed by atoms with Gasteiger partial charge in [0, 0.05) is 19.1 Å². The van der Waals surface area contributed by atoms with Gasteiger partial charge in [0.25, 0.3) is 0 Å². The number of piperidine rings is 1. The van der Waals surface area contributed by atoms with Gasteiger partial charge in [-0.05, 0) is 51.2 Å². The molecular formula is C14H29N3O2S. The van der Waals surface area contributed by atoms with Gasteiger partial charge in [-0.25, -0.2) is 13.1 Å². The summed E-state index contributed by atoms with van der Waals surface area (Å²) in [5.41, 5.74) is 0. The average Bonchev–Trinajstić information content (AvgIpc) is 2.90. The van der Waals surface area contributed by atoms with Gasteiger partial charge in [0.05, 0.1) is 5.75 Å². The summed E-state index contributed by atoms with van der Waals surface area (Å²) in [6.45, 7) is 6.98. The molecule has 0 aromatic heterocycles. The smallest absolute Gasteiger partial charge is 0.213 e. The number of hydrogen-bond donors (Lipinski definition) is 2. The number of nitrogens with zero attached hydrogens (tertiary/aromatic N) is 1. The van der Waals surface area contributed by atoms with Crippen molar-refractivity contribution in [1.29, 1.82) is 0 Å². The monoisotopic (exact) mass is 303 g/mol. The molecule has 0 aromatic rings. The molecule has 5 nitrogen and oxygen atoms in total. The highest BCUT2D eigenvalue weighted by Gasteiger charge is 2.22. The van der Waals surface area contributed by atoms with E-state index < -0.39 is 10.0 Å². The number of sulfonamides is 1. The Kier molecular flexibility index (Phi) is 6.26. The summed E-state index contributed by atoms with van der Waals surface area (Å²) >= 11 is 0. The molecule has 0 amide bonds. The van der Waals surface area contributed by atoms with Crippen molar-refractivity contribution in [2.75, 3.05) is 38.5 Å². The molecule has 2 heterocycles. The summed E-state index contributed by atoms with van der Waals surface area (Å²) in [5.74, 6) is 0.603. The van der Waals surface area contributed by atoms with Crippen LogP contribution < -0.4 is 10.0 Å². The fourth-order valence-corrected chi connectivity index (χ4v) is 4.60. The molecule has 0 aromatic carbocycles. The van der Waals surface area contributed by atoms with Gasteiger partial charge in [0.15, 0.2) is 0 Å². The normalized spacial score (nSPS) is 26.8. The lowest BCUT2D eigenvalue weighted by atomic mass is 10.1. The van der Waals surface area contributed by atoms with Crippen molar-refractivity contribution < 1.29 is 8.42 Å². The molecule has 118 valence electrons. The molecule has 20 heavy (non-hydrogen) atoms. The van der Waals surface area contributed by atoms with E-state index in [-0.39, 0.29) is 11.8 Å². The van der Waals surface area contributed by atoms with Gasteiger partial charge in [-0.1, -0.05) is 13.3 Å². The molecule has 2 unspecified atom stereocenters. The second-order valence-corrected chi connectivity index (χ2v) is 8.24. The molecule has 6 heteroatoms. The Hall–Kier alpha value is -0.170. The maximum atomic E-state index is 12.1. The zero-order valence-electron chi connectivity index (χ0n) is 12.6. The first-order valence-corrected chi connectivity index (χ1v) is 9.63. The van der Waals surface area contributed by atoms with Crippen LogP contribution in [0, 0.1) is 5.92 Å². The molecule has 2 N–H and O–H groups in total. The van der Waals surface area contributed by atoms with Crippen LogP contribution in [0.1, 0.15) is 39.0 Å². The van der Waals surface area contributed by atoms with Gasteiger partial charge < -0.3 is 10.2 Å². The quantitative estimate of drug-likeness (QED) is 0.730. The third-order valence-electron chi connectivity index (χ3n) is 4.25. The standard InChI is InChI=1S/C14H29N3O2S/c1-13(11-17-8-4-5-9-17)10-16-20(18,19)12-14-6-2-3-7-15-14/h13-16H,2-12H2,1H3. The molecule has 2 aliphatic heterocycles. The van der Waals surface area contributed by atoms with Crippen LogP contribution in [0.2, 0.25) is 0 Å². The molecule has 0 spiro atoms. The van der Waals surface area contributed by atoms with Crippen molar-refractivity contribution >= 4 is 10.0 Å². The summed E-state index contributed by atoms with van der Waals surface area (Å²) in [6, 6.07) is 0.134. The summed E-state index contributed by atoms with van der Waals surface area (Å²) < 4.78 is 26.9. The Bertz CT molecular complexity index is 374. The molecule has 0 aliphatic carbocycles. The minimum absolute atomic E-state index is 0.134. The van der Waals surface area contributed by atoms with Gasteiger partial charge >= 0.3 is 0 Å². The fraction of sp³-hybridized carbons (Fsp3) is 1.00. The predicted molar refractivity (Wildman–Crippen MR) is 82.3 cm³/mol. The van der Waals surface area contributed by atoms with Crippen LogP contribution in [0.4, 0.5) is 0 Å². The van der Waals surface area contributed by atoms with E-state index in [4.69, 9.17) is 0 Å². The SMILES string of the molecule is CC(CNS(=O)(=O)CC1CCCCN1)CN1CCCC1. The molecule has 0 radical (unpaired) electrons. The Morgan fingerprint density at radius 3 is 2.65 bits per heavy atom. The molecular weight excluding hydrogens is 274 g/mol. The number of rotatable bonds is 7. The Labute approximate surface area is 123 Å². The first-order chi connectivity index (χ1) is 9.55. The summed E-state index contributed by atoms with van der Waals surface area (Å²) in [5, 5.41) is 3.29. The van der Waals surface area contributed by atoms with E-state index in [1.54, 1.807) is 0 Å². The van der Waals surface area contributed by atoms with Crippen LogP contribution in [-0.4, -0.2) is 57.8 Å². The van der Waals surface area contributed by atoms with E-state index in [1.165, 1.54) is 25.9 Å². The molecule has 2 saturated heterocycles. The number of nitrogens with one attached hydrogen (secondary N) is 2. The molecule has 2 fully saturated rings. The van der Waals surface area contributed by atoms with E-state index in [0.717, 1.165) is 32.4 Å². The van der Waals surface area contributed by atoms with Crippen LogP contribution in [0.3, 0.4) is 0 Å². The van der Waals surface area contributed by atoms with Crippen LogP contribution in [0.15, 0.2) is 0 Å². The third kappa shape index (κ3) is 5.68. The Morgan fingerprint density at radius 1 is 1.25 bits per heavy atom. The summed E-state index contributed by atoms with van der Waals surface area (Å²) in [6.07, 6.45) is 5.84. The lowest BCUT2D eigenvalue weighted by Crippen LogP contribution is -2.44. The molecule has 0 saturated carbocycles. The number of hydrogen-bond acceptors (Lipinski definition) is 4. The molecule has 2 aliphatic rings. The van der Waals surface area contributed by atoms with Crippen LogP contribution in [0.5, 0.6) is 0 Å². The second-order valence-electron chi connectivity index (χ2n) is 6.39. The lowest BCUT2D eigenvalue weighted by Gasteiger charge is -2.24. The highest BCUT2D eigenvalue weighted by atomic mass is 32.2. The molecule has 2 rings (SSSR count). The fourth-order valence-electron chi connectivity index (χ4n) is 3.13. The van der Waals surface area contributed by atoms with Crippen molar-refractivity contribution in [3.63, 3.8) is 0 Å². The maximum absolute atomic E-state index is 12.1. The van der Waals surface area contributed by atoms with Crippen molar-refractivity contribution in [2.45, 2.75) is 45.1 Å². The predicted octanol–water partition coefficient (Wildman–Crippen LogP) is 0.780. The van der Waals surface area contributed by atoms with E-state index in [2.05, 4.69) is 21.9 Å². The average molecular weight is 303 g/mol. The molecule has 0 bridgehead atoms. The van der Waals surface area contributed by atoms with Crippen LogP contribution >= 0.6 is 0 Å². The first-order valence-electron chi connectivity index (χ1n) is 7.98. The Morgan fingerprint density at radius 2 is 2.00 bits per heavy atom. The molecule has 2 atom stereocenters. The van der Waals surface area contributed by atoms with E-state index in [0.29, 0.717) is 12.5 Å². The zero-order valence-corrected chi connectivity index (χ0v) is 13.4. The largest absolute Gasteiger partial charge is 0.313 e. The number of likely N-dealkylation sites (tertiary alicyclic amines) is 1. The van der Waals surface area contributed by atoms with Gasteiger partial charge in [-0.3, -0.25) is 0 Å². The minimum Gasteiger partial charge on any atom is -0.313 e. The summed E-state index contributed by atoms with van der Waals surface area (Å²) in [4.78, 5) is 2.43. The van der Waals surface area contributed by atoms with E-state index in [9.17, 15) is 8.42 Å². The Balaban J connectivity index is 1.67. The van der Waals surface area contributed by atoms with Gasteiger partial charge in [0.2, 0.25) is 10.0 Å². The van der Waals surface area contributed by atoms with Crippen molar-refractivity contribution in [3.8, 4) is 0 Å². The van der Waals surface area contributed by atoms with E-state index in [1.807, 2.05) is 0 Å². The highest BCUT2D eigenvalue weighted by Crippen LogP contribution is 2.11. The topological polar surface area (TPSA) is 61.4 Å². The summed E-state index contributed by atoms with van der Waals surface area (Å²) in [7, 11) is -3.14. The van der Waals surface area contributed by atoms with Crippen molar-refractivity contribution in [2.24, 2.45) is 5.92 Å².